The Morgan fingerprint density at radius 2 is 2.00 bits per heavy atom. The van der Waals surface area contributed by atoms with Crippen molar-refractivity contribution in [2.75, 3.05) is 0 Å². The molecule has 1 aliphatic carbocycles. The second kappa shape index (κ2) is 4.49. The summed E-state index contributed by atoms with van der Waals surface area (Å²) >= 11 is 0. The lowest BCUT2D eigenvalue weighted by atomic mass is 9.84. The van der Waals surface area contributed by atoms with Gasteiger partial charge in [-0.05, 0) is 26.7 Å². The molecule has 2 atom stereocenters. The molecule has 1 saturated carbocycles. The molecule has 2 unspecified atom stereocenters. The standard InChI is InChI=1S/C12H18N2/c1-4-12(2,3)14-11-8-6-5-7-10(11)9-13/h1,10-11,14H,5-8H2,2-3H3. The van der Waals surface area contributed by atoms with Gasteiger partial charge in [-0.25, -0.2) is 0 Å². The van der Waals surface area contributed by atoms with E-state index in [2.05, 4.69) is 17.3 Å². The first-order valence-electron chi connectivity index (χ1n) is 5.24. The largest absolute Gasteiger partial charge is 0.298 e. The van der Waals surface area contributed by atoms with Crippen molar-refractivity contribution in [3.8, 4) is 18.4 Å². The lowest BCUT2D eigenvalue weighted by molar-refractivity contribution is 0.274. The van der Waals surface area contributed by atoms with Crippen molar-refractivity contribution in [2.24, 2.45) is 5.92 Å². The van der Waals surface area contributed by atoms with Crippen molar-refractivity contribution in [3.05, 3.63) is 0 Å². The molecule has 1 rings (SSSR count). The Kier molecular flexibility index (Phi) is 3.55. The number of nitrogens with one attached hydrogen (secondary N) is 1. The molecule has 0 radical (unpaired) electrons. The van der Waals surface area contributed by atoms with E-state index in [0.29, 0.717) is 0 Å². The Morgan fingerprint density at radius 1 is 1.36 bits per heavy atom. The Labute approximate surface area is 86.7 Å². The molecular weight excluding hydrogens is 172 g/mol. The maximum Gasteiger partial charge on any atom is 0.0743 e. The van der Waals surface area contributed by atoms with Crippen LogP contribution in [0.15, 0.2) is 0 Å². The monoisotopic (exact) mass is 190 g/mol. The molecule has 0 saturated heterocycles. The first-order chi connectivity index (χ1) is 6.59. The summed E-state index contributed by atoms with van der Waals surface area (Å²) in [6, 6.07) is 2.65. The molecule has 0 aromatic rings. The molecule has 0 aromatic heterocycles. The van der Waals surface area contributed by atoms with Gasteiger partial charge in [0.1, 0.15) is 0 Å². The van der Waals surface area contributed by atoms with Crippen LogP contribution in [0.4, 0.5) is 0 Å². The third-order valence-electron chi connectivity index (χ3n) is 2.84. The Balaban J connectivity index is 2.59. The smallest absolute Gasteiger partial charge is 0.0743 e. The highest BCUT2D eigenvalue weighted by Crippen LogP contribution is 2.25. The number of rotatable bonds is 2. The Morgan fingerprint density at radius 3 is 2.57 bits per heavy atom. The van der Waals surface area contributed by atoms with Gasteiger partial charge in [0.25, 0.3) is 0 Å². The van der Waals surface area contributed by atoms with Crippen LogP contribution in [0.2, 0.25) is 0 Å². The second-order valence-corrected chi connectivity index (χ2v) is 4.54. The summed E-state index contributed by atoms with van der Waals surface area (Å²) in [4.78, 5) is 0. The van der Waals surface area contributed by atoms with Crippen molar-refractivity contribution in [3.63, 3.8) is 0 Å². The fourth-order valence-corrected chi connectivity index (χ4v) is 1.96. The minimum Gasteiger partial charge on any atom is -0.298 e. The average molecular weight is 190 g/mol. The van der Waals surface area contributed by atoms with Crippen LogP contribution in [0.5, 0.6) is 0 Å². The van der Waals surface area contributed by atoms with Gasteiger partial charge in [0, 0.05) is 6.04 Å². The van der Waals surface area contributed by atoms with Crippen LogP contribution in [-0.2, 0) is 0 Å². The van der Waals surface area contributed by atoms with Crippen LogP contribution in [0, 0.1) is 29.6 Å². The van der Waals surface area contributed by atoms with Gasteiger partial charge in [-0.2, -0.15) is 5.26 Å². The molecule has 14 heavy (non-hydrogen) atoms. The van der Waals surface area contributed by atoms with E-state index in [1.807, 2.05) is 13.8 Å². The van der Waals surface area contributed by atoms with Crippen LogP contribution in [0.3, 0.4) is 0 Å². The average Bonchev–Trinajstić information content (AvgIpc) is 2.18. The zero-order valence-corrected chi connectivity index (χ0v) is 9.01. The SMILES string of the molecule is C#CC(C)(C)NC1CCCCC1C#N. The van der Waals surface area contributed by atoms with Crippen molar-refractivity contribution >= 4 is 0 Å². The highest BCUT2D eigenvalue weighted by atomic mass is 15.0. The first-order valence-corrected chi connectivity index (χ1v) is 5.24. The fourth-order valence-electron chi connectivity index (χ4n) is 1.96. The predicted molar refractivity (Wildman–Crippen MR) is 57.4 cm³/mol. The molecule has 0 aromatic carbocycles. The van der Waals surface area contributed by atoms with E-state index in [1.165, 1.54) is 12.8 Å². The van der Waals surface area contributed by atoms with Gasteiger partial charge in [0.2, 0.25) is 0 Å². The van der Waals surface area contributed by atoms with Crippen LogP contribution in [-0.4, -0.2) is 11.6 Å². The van der Waals surface area contributed by atoms with Gasteiger partial charge in [-0.1, -0.05) is 18.8 Å². The molecule has 0 aliphatic heterocycles. The van der Waals surface area contributed by atoms with E-state index in [1.54, 1.807) is 0 Å². The molecule has 0 spiro atoms. The van der Waals surface area contributed by atoms with Gasteiger partial charge < -0.3 is 0 Å². The van der Waals surface area contributed by atoms with E-state index in [9.17, 15) is 0 Å². The summed E-state index contributed by atoms with van der Waals surface area (Å²) in [7, 11) is 0. The number of nitriles is 1. The van der Waals surface area contributed by atoms with Gasteiger partial charge in [0.15, 0.2) is 0 Å². The molecule has 0 bridgehead atoms. The molecule has 76 valence electrons. The maximum atomic E-state index is 8.99. The molecule has 0 amide bonds. The van der Waals surface area contributed by atoms with Crippen molar-refractivity contribution in [1.29, 1.82) is 5.26 Å². The highest BCUT2D eigenvalue weighted by Gasteiger charge is 2.28. The van der Waals surface area contributed by atoms with E-state index in [-0.39, 0.29) is 17.5 Å². The Bertz CT molecular complexity index is 267. The number of terminal acetylenes is 1. The Hall–Kier alpha value is -0.990. The quantitative estimate of drug-likeness (QED) is 0.677. The van der Waals surface area contributed by atoms with E-state index >= 15 is 0 Å². The minimum absolute atomic E-state index is 0.136. The molecule has 1 N–H and O–H groups in total. The normalized spacial score (nSPS) is 27.7. The molecule has 1 fully saturated rings. The van der Waals surface area contributed by atoms with Crippen molar-refractivity contribution in [2.45, 2.75) is 51.1 Å². The topological polar surface area (TPSA) is 35.8 Å². The zero-order chi connectivity index (χ0) is 10.6. The van der Waals surface area contributed by atoms with E-state index < -0.39 is 0 Å². The van der Waals surface area contributed by atoms with Gasteiger partial charge in [0.05, 0.1) is 17.5 Å². The summed E-state index contributed by atoms with van der Waals surface area (Å²) in [5, 5.41) is 12.4. The number of hydrogen-bond donors (Lipinski definition) is 1. The summed E-state index contributed by atoms with van der Waals surface area (Å²) in [5.74, 6) is 2.85. The number of hydrogen-bond acceptors (Lipinski definition) is 2. The number of nitrogens with zero attached hydrogens (tertiary/aromatic N) is 1. The van der Waals surface area contributed by atoms with Crippen molar-refractivity contribution < 1.29 is 0 Å². The lowest BCUT2D eigenvalue weighted by Gasteiger charge is -2.33. The van der Waals surface area contributed by atoms with Crippen LogP contribution in [0.1, 0.15) is 39.5 Å². The maximum absolute atomic E-state index is 8.99. The van der Waals surface area contributed by atoms with Crippen LogP contribution < -0.4 is 5.32 Å². The molecule has 0 heterocycles. The van der Waals surface area contributed by atoms with Gasteiger partial charge in [-0.15, -0.1) is 6.42 Å². The highest BCUT2D eigenvalue weighted by molar-refractivity contribution is 5.10. The first kappa shape index (κ1) is 11.1. The summed E-state index contributed by atoms with van der Waals surface area (Å²) < 4.78 is 0. The van der Waals surface area contributed by atoms with E-state index in [4.69, 9.17) is 11.7 Å². The molecule has 2 nitrogen and oxygen atoms in total. The second-order valence-electron chi connectivity index (χ2n) is 4.54. The van der Waals surface area contributed by atoms with Gasteiger partial charge in [-0.3, -0.25) is 5.32 Å². The molecular formula is C12H18N2. The van der Waals surface area contributed by atoms with Crippen LogP contribution >= 0.6 is 0 Å². The summed E-state index contributed by atoms with van der Waals surface area (Å²) in [6.45, 7) is 3.96. The predicted octanol–water partition coefficient (Wildman–Crippen LogP) is 2.07. The summed E-state index contributed by atoms with van der Waals surface area (Å²) in [5.41, 5.74) is -0.295. The molecule has 1 aliphatic rings. The minimum atomic E-state index is -0.295. The molecule has 2 heteroatoms. The third kappa shape index (κ3) is 2.76. The lowest BCUT2D eigenvalue weighted by Crippen LogP contribution is -2.49. The fraction of sp³-hybridized carbons (Fsp3) is 0.750. The zero-order valence-electron chi connectivity index (χ0n) is 9.01. The van der Waals surface area contributed by atoms with E-state index in [0.717, 1.165) is 12.8 Å². The van der Waals surface area contributed by atoms with Crippen LogP contribution in [0.25, 0.3) is 0 Å². The third-order valence-corrected chi connectivity index (χ3v) is 2.84. The summed E-state index contributed by atoms with van der Waals surface area (Å²) in [6.07, 6.45) is 9.87. The van der Waals surface area contributed by atoms with Gasteiger partial charge >= 0.3 is 0 Å². The van der Waals surface area contributed by atoms with Crippen molar-refractivity contribution in [1.82, 2.24) is 5.32 Å².